The van der Waals surface area contributed by atoms with Crippen LogP contribution < -0.4 is 5.32 Å². The van der Waals surface area contributed by atoms with Crippen LogP contribution in [0.2, 0.25) is 5.15 Å². The van der Waals surface area contributed by atoms with Gasteiger partial charge in [0.1, 0.15) is 5.15 Å². The Morgan fingerprint density at radius 3 is 2.57 bits per heavy atom. The van der Waals surface area contributed by atoms with Crippen LogP contribution in [-0.2, 0) is 21.9 Å². The fourth-order valence-corrected chi connectivity index (χ4v) is 4.12. The molecule has 0 atom stereocenters. The average molecular weight is 335 g/mol. The maximum atomic E-state index is 12.5. The molecule has 1 N–H and O–H groups in total. The molecular formula is C12H19ClN4O3S. The van der Waals surface area contributed by atoms with Crippen LogP contribution in [0.4, 0.5) is 0 Å². The molecule has 1 fully saturated rings. The molecule has 0 spiro atoms. The van der Waals surface area contributed by atoms with E-state index in [9.17, 15) is 13.2 Å². The number of sulfonamides is 1. The topological polar surface area (TPSA) is 84.3 Å². The number of imidazole rings is 1. The SMILES string of the molecule is CCC(=O)NC1CCN(S(=O)(=O)c2ncn(C)c2Cl)CC1. The van der Waals surface area contributed by atoms with Crippen LogP contribution in [0.25, 0.3) is 0 Å². The lowest BCUT2D eigenvalue weighted by Crippen LogP contribution is -2.46. The van der Waals surface area contributed by atoms with E-state index in [1.165, 1.54) is 15.2 Å². The zero-order valence-corrected chi connectivity index (χ0v) is 13.6. The first-order valence-corrected chi connectivity index (χ1v) is 8.64. The van der Waals surface area contributed by atoms with Gasteiger partial charge in [0, 0.05) is 32.6 Å². The lowest BCUT2D eigenvalue weighted by molar-refractivity contribution is -0.121. The minimum absolute atomic E-state index is 0.0101. The van der Waals surface area contributed by atoms with E-state index in [1.54, 1.807) is 14.0 Å². The third kappa shape index (κ3) is 3.38. The van der Waals surface area contributed by atoms with Crippen LogP contribution in [-0.4, -0.2) is 47.3 Å². The smallest absolute Gasteiger partial charge is 0.263 e. The van der Waals surface area contributed by atoms with Crippen molar-refractivity contribution in [2.24, 2.45) is 7.05 Å². The minimum Gasteiger partial charge on any atom is -0.353 e. The van der Waals surface area contributed by atoms with E-state index in [0.717, 1.165) is 0 Å². The molecule has 0 radical (unpaired) electrons. The molecule has 1 aromatic heterocycles. The van der Waals surface area contributed by atoms with E-state index in [1.807, 2.05) is 0 Å². The first-order chi connectivity index (χ1) is 9.86. The summed E-state index contributed by atoms with van der Waals surface area (Å²) in [6, 6.07) is 0.0307. The number of carbonyl (C=O) groups is 1. The standard InChI is InChI=1S/C12H19ClN4O3S/c1-3-10(18)15-9-4-6-17(7-5-9)21(19,20)12-11(13)16(2)8-14-12/h8-9H,3-7H2,1-2H3,(H,15,18). The van der Waals surface area contributed by atoms with Crippen molar-refractivity contribution in [3.8, 4) is 0 Å². The summed E-state index contributed by atoms with van der Waals surface area (Å²) in [5.41, 5.74) is 0. The molecule has 0 saturated carbocycles. The van der Waals surface area contributed by atoms with Crippen molar-refractivity contribution in [3.05, 3.63) is 11.5 Å². The van der Waals surface area contributed by atoms with E-state index in [2.05, 4.69) is 10.3 Å². The van der Waals surface area contributed by atoms with Crippen LogP contribution in [0.1, 0.15) is 26.2 Å². The van der Waals surface area contributed by atoms with Crippen LogP contribution in [0.3, 0.4) is 0 Å². The molecular weight excluding hydrogens is 316 g/mol. The number of nitrogens with one attached hydrogen (secondary N) is 1. The van der Waals surface area contributed by atoms with E-state index in [0.29, 0.717) is 32.4 Å². The molecule has 0 bridgehead atoms. The molecule has 0 aromatic carbocycles. The van der Waals surface area contributed by atoms with Gasteiger partial charge in [-0.3, -0.25) is 4.79 Å². The molecule has 2 heterocycles. The molecule has 2 rings (SSSR count). The summed E-state index contributed by atoms with van der Waals surface area (Å²) >= 11 is 5.97. The van der Waals surface area contributed by atoms with Crippen LogP contribution >= 0.6 is 11.6 Å². The van der Waals surface area contributed by atoms with E-state index in [-0.39, 0.29) is 22.1 Å². The Hall–Kier alpha value is -1.12. The third-order valence-electron chi connectivity index (χ3n) is 3.56. The Balaban J connectivity index is 2.05. The van der Waals surface area contributed by atoms with Gasteiger partial charge in [-0.25, -0.2) is 13.4 Å². The molecule has 0 unspecified atom stereocenters. The number of hydrogen-bond donors (Lipinski definition) is 1. The zero-order valence-electron chi connectivity index (χ0n) is 12.0. The molecule has 21 heavy (non-hydrogen) atoms. The van der Waals surface area contributed by atoms with Gasteiger partial charge in [-0.1, -0.05) is 18.5 Å². The van der Waals surface area contributed by atoms with Crippen molar-refractivity contribution in [1.82, 2.24) is 19.2 Å². The number of nitrogens with zero attached hydrogens (tertiary/aromatic N) is 3. The lowest BCUT2D eigenvalue weighted by Gasteiger charge is -2.31. The maximum Gasteiger partial charge on any atom is 0.263 e. The summed E-state index contributed by atoms with van der Waals surface area (Å²) in [7, 11) is -2.03. The minimum atomic E-state index is -3.67. The molecule has 0 aliphatic carbocycles. The Morgan fingerprint density at radius 1 is 1.48 bits per heavy atom. The van der Waals surface area contributed by atoms with Crippen molar-refractivity contribution in [2.75, 3.05) is 13.1 Å². The molecule has 1 aromatic rings. The molecule has 1 aliphatic rings. The van der Waals surface area contributed by atoms with Gasteiger partial charge in [-0.05, 0) is 12.8 Å². The van der Waals surface area contributed by atoms with Crippen LogP contribution in [0.15, 0.2) is 11.4 Å². The second-order valence-corrected chi connectivity index (χ2v) is 7.26. The summed E-state index contributed by atoms with van der Waals surface area (Å²) in [4.78, 5) is 15.2. The van der Waals surface area contributed by atoms with Crippen molar-refractivity contribution in [1.29, 1.82) is 0 Å². The molecule has 9 heteroatoms. The summed E-state index contributed by atoms with van der Waals surface area (Å²) in [5.74, 6) is -0.0101. The molecule has 1 aliphatic heterocycles. The normalized spacial score (nSPS) is 17.9. The van der Waals surface area contributed by atoms with Crippen LogP contribution in [0.5, 0.6) is 0 Å². The van der Waals surface area contributed by atoms with E-state index >= 15 is 0 Å². The van der Waals surface area contributed by atoms with Crippen LogP contribution in [0, 0.1) is 0 Å². The molecule has 118 valence electrons. The highest BCUT2D eigenvalue weighted by molar-refractivity contribution is 7.89. The summed E-state index contributed by atoms with van der Waals surface area (Å²) in [6.45, 7) is 2.49. The number of halogens is 1. The molecule has 1 amide bonds. The van der Waals surface area contributed by atoms with Gasteiger partial charge in [-0.15, -0.1) is 0 Å². The second kappa shape index (κ2) is 6.33. The zero-order chi connectivity index (χ0) is 15.6. The molecule has 7 nitrogen and oxygen atoms in total. The highest BCUT2D eigenvalue weighted by atomic mass is 35.5. The van der Waals surface area contributed by atoms with Crippen molar-refractivity contribution < 1.29 is 13.2 Å². The van der Waals surface area contributed by atoms with E-state index < -0.39 is 10.0 Å². The number of aromatic nitrogens is 2. The van der Waals surface area contributed by atoms with Gasteiger partial charge in [-0.2, -0.15) is 4.31 Å². The largest absolute Gasteiger partial charge is 0.353 e. The van der Waals surface area contributed by atoms with Gasteiger partial charge >= 0.3 is 0 Å². The second-order valence-electron chi connectivity index (χ2n) is 5.05. The fourth-order valence-electron chi connectivity index (χ4n) is 2.26. The summed E-state index contributed by atoms with van der Waals surface area (Å²) < 4.78 is 27.8. The quantitative estimate of drug-likeness (QED) is 0.880. The number of carbonyl (C=O) groups excluding carboxylic acids is 1. The van der Waals surface area contributed by atoms with Gasteiger partial charge in [0.05, 0.1) is 6.33 Å². The average Bonchev–Trinajstić information content (AvgIpc) is 2.80. The van der Waals surface area contributed by atoms with E-state index in [4.69, 9.17) is 11.6 Å². The number of hydrogen-bond acceptors (Lipinski definition) is 4. The predicted octanol–water partition coefficient (Wildman–Crippen LogP) is 0.753. The lowest BCUT2D eigenvalue weighted by atomic mass is 10.1. The van der Waals surface area contributed by atoms with Gasteiger partial charge < -0.3 is 9.88 Å². The van der Waals surface area contributed by atoms with Gasteiger partial charge in [0.25, 0.3) is 10.0 Å². The number of piperidine rings is 1. The van der Waals surface area contributed by atoms with Gasteiger partial charge in [0.15, 0.2) is 0 Å². The highest BCUT2D eigenvalue weighted by Gasteiger charge is 2.33. The first-order valence-electron chi connectivity index (χ1n) is 6.82. The Bertz CT molecular complexity index is 620. The van der Waals surface area contributed by atoms with Crippen molar-refractivity contribution >= 4 is 27.5 Å². The maximum absolute atomic E-state index is 12.5. The summed E-state index contributed by atoms with van der Waals surface area (Å²) in [6.07, 6.45) is 3.00. The van der Waals surface area contributed by atoms with Crippen molar-refractivity contribution in [3.63, 3.8) is 0 Å². The first kappa shape index (κ1) is 16.3. The third-order valence-corrected chi connectivity index (χ3v) is 5.95. The summed E-state index contributed by atoms with van der Waals surface area (Å²) in [5, 5.41) is 2.89. The number of aryl methyl sites for hydroxylation is 1. The predicted molar refractivity (Wildman–Crippen MR) is 78.4 cm³/mol. The number of rotatable bonds is 4. The number of amides is 1. The Kier molecular flexibility index (Phi) is 4.90. The van der Waals surface area contributed by atoms with Crippen molar-refractivity contribution in [2.45, 2.75) is 37.3 Å². The Labute approximate surface area is 129 Å². The monoisotopic (exact) mass is 334 g/mol. The fraction of sp³-hybridized carbons (Fsp3) is 0.667. The van der Waals surface area contributed by atoms with Gasteiger partial charge in [0.2, 0.25) is 10.9 Å². The molecule has 1 saturated heterocycles. The highest BCUT2D eigenvalue weighted by Crippen LogP contribution is 2.25. The Morgan fingerprint density at radius 2 is 2.10 bits per heavy atom.